The summed E-state index contributed by atoms with van der Waals surface area (Å²) in [5, 5.41) is 0.529. The molecule has 1 saturated carbocycles. The van der Waals surface area contributed by atoms with Crippen LogP contribution in [0.3, 0.4) is 0 Å². The van der Waals surface area contributed by atoms with Crippen molar-refractivity contribution in [3.05, 3.63) is 39.9 Å². The molecule has 2 aromatic rings. The molecule has 0 aliphatic heterocycles. The predicted octanol–water partition coefficient (Wildman–Crippen LogP) is 1.73. The summed E-state index contributed by atoms with van der Waals surface area (Å²) in [6.07, 6.45) is 7.48. The number of hydrogen-bond acceptors (Lipinski definition) is 3. The van der Waals surface area contributed by atoms with Gasteiger partial charge in [-0.05, 0) is 31.9 Å². The molecule has 1 fully saturated rings. The van der Waals surface area contributed by atoms with Crippen LogP contribution in [0.5, 0.6) is 0 Å². The molecule has 0 amide bonds. The summed E-state index contributed by atoms with van der Waals surface area (Å²) < 4.78 is 1.73. The van der Waals surface area contributed by atoms with E-state index in [0.717, 1.165) is 12.8 Å². The monoisotopic (exact) mass is 253 g/mol. The molecule has 1 aliphatic rings. The summed E-state index contributed by atoms with van der Waals surface area (Å²) in [5.41, 5.74) is 7.11. The van der Waals surface area contributed by atoms with Gasteiger partial charge in [0.25, 0.3) is 5.56 Å². The zero-order chi connectivity index (χ0) is 13.6. The smallest absolute Gasteiger partial charge is 0.262 e. The first-order valence-corrected chi connectivity index (χ1v) is 6.41. The van der Waals surface area contributed by atoms with E-state index < -0.39 is 0 Å². The molecule has 1 aliphatic carbocycles. The third kappa shape index (κ3) is 1.83. The molecular weight excluding hydrogens is 238 g/mol. The van der Waals surface area contributed by atoms with E-state index in [9.17, 15) is 4.79 Å². The van der Waals surface area contributed by atoms with Gasteiger partial charge in [-0.1, -0.05) is 12.0 Å². The molecular formula is C15H15N3O. The Kier molecular flexibility index (Phi) is 2.65. The van der Waals surface area contributed by atoms with Crippen molar-refractivity contribution < 1.29 is 0 Å². The Labute approximate surface area is 111 Å². The molecule has 2 N–H and O–H groups in total. The summed E-state index contributed by atoms with van der Waals surface area (Å²) >= 11 is 0. The van der Waals surface area contributed by atoms with E-state index in [1.807, 2.05) is 13.0 Å². The van der Waals surface area contributed by atoms with Gasteiger partial charge in [-0.25, -0.2) is 4.98 Å². The lowest BCUT2D eigenvalue weighted by molar-refractivity contribution is 0.593. The number of nitrogens with zero attached hydrogens (tertiary/aromatic N) is 2. The van der Waals surface area contributed by atoms with Gasteiger partial charge in [-0.15, -0.1) is 6.42 Å². The van der Waals surface area contributed by atoms with E-state index in [4.69, 9.17) is 12.2 Å². The average molecular weight is 253 g/mol. The second-order valence-corrected chi connectivity index (χ2v) is 5.01. The summed E-state index contributed by atoms with van der Waals surface area (Å²) in [6, 6.07) is 5.36. The SMILES string of the molecule is C#Cc1cccc2nc([C@H](C)N)n(C3CC3)c(=O)c12. The van der Waals surface area contributed by atoms with Crippen LogP contribution in [0.1, 0.15) is 43.2 Å². The normalized spacial score (nSPS) is 16.3. The van der Waals surface area contributed by atoms with E-state index in [-0.39, 0.29) is 17.6 Å². The van der Waals surface area contributed by atoms with E-state index in [1.54, 1.807) is 16.7 Å². The Hall–Kier alpha value is -2.12. The van der Waals surface area contributed by atoms with Crippen LogP contribution in [0.4, 0.5) is 0 Å². The van der Waals surface area contributed by atoms with Crippen molar-refractivity contribution >= 4 is 10.9 Å². The molecule has 0 bridgehead atoms. The van der Waals surface area contributed by atoms with Gasteiger partial charge in [0.15, 0.2) is 0 Å². The number of rotatable bonds is 2. The molecule has 0 saturated heterocycles. The molecule has 3 rings (SSSR count). The number of aromatic nitrogens is 2. The first-order chi connectivity index (χ1) is 9.13. The lowest BCUT2D eigenvalue weighted by atomic mass is 10.1. The van der Waals surface area contributed by atoms with Crippen LogP contribution in [-0.4, -0.2) is 9.55 Å². The molecule has 0 spiro atoms. The summed E-state index contributed by atoms with van der Waals surface area (Å²) in [5.74, 6) is 3.21. The highest BCUT2D eigenvalue weighted by Crippen LogP contribution is 2.35. The number of nitrogens with two attached hydrogens (primary N) is 1. The van der Waals surface area contributed by atoms with Crippen molar-refractivity contribution in [3.8, 4) is 12.3 Å². The minimum absolute atomic E-state index is 0.0617. The maximum Gasteiger partial charge on any atom is 0.262 e. The number of hydrogen-bond donors (Lipinski definition) is 1. The van der Waals surface area contributed by atoms with Crippen LogP contribution in [0.2, 0.25) is 0 Å². The first-order valence-electron chi connectivity index (χ1n) is 6.41. The van der Waals surface area contributed by atoms with Gasteiger partial charge in [0.05, 0.1) is 16.9 Å². The standard InChI is InChI=1S/C15H15N3O/c1-3-10-5-4-6-12-13(10)15(19)18(11-7-8-11)14(17-12)9(2)16/h1,4-6,9,11H,7-8,16H2,2H3/t9-/m0/s1. The fraction of sp³-hybridized carbons (Fsp3) is 0.333. The Morgan fingerprint density at radius 2 is 2.26 bits per heavy atom. The Morgan fingerprint density at radius 1 is 1.53 bits per heavy atom. The van der Waals surface area contributed by atoms with Crippen LogP contribution in [0.15, 0.2) is 23.0 Å². The third-order valence-corrected chi connectivity index (χ3v) is 3.43. The Bertz CT molecular complexity index is 748. The van der Waals surface area contributed by atoms with Gasteiger partial charge in [-0.2, -0.15) is 0 Å². The fourth-order valence-electron chi connectivity index (χ4n) is 2.39. The highest BCUT2D eigenvalue weighted by Gasteiger charge is 2.29. The number of fused-ring (bicyclic) bond motifs is 1. The fourth-order valence-corrected chi connectivity index (χ4v) is 2.39. The zero-order valence-corrected chi connectivity index (χ0v) is 10.8. The highest BCUT2D eigenvalue weighted by molar-refractivity contribution is 5.84. The van der Waals surface area contributed by atoms with E-state index in [2.05, 4.69) is 10.9 Å². The minimum Gasteiger partial charge on any atom is -0.322 e. The molecule has 1 aromatic heterocycles. The molecule has 1 atom stereocenters. The molecule has 0 radical (unpaired) electrons. The topological polar surface area (TPSA) is 60.9 Å². The van der Waals surface area contributed by atoms with E-state index in [0.29, 0.717) is 22.3 Å². The van der Waals surface area contributed by atoms with Crippen molar-refractivity contribution in [3.63, 3.8) is 0 Å². The van der Waals surface area contributed by atoms with Crippen molar-refractivity contribution in [2.24, 2.45) is 5.73 Å². The Morgan fingerprint density at radius 3 is 2.84 bits per heavy atom. The van der Waals surface area contributed by atoms with Crippen LogP contribution < -0.4 is 11.3 Å². The molecule has 19 heavy (non-hydrogen) atoms. The van der Waals surface area contributed by atoms with Gasteiger partial charge in [0, 0.05) is 11.6 Å². The maximum atomic E-state index is 12.7. The van der Waals surface area contributed by atoms with Gasteiger partial charge in [-0.3, -0.25) is 9.36 Å². The minimum atomic E-state index is -0.271. The summed E-state index contributed by atoms with van der Waals surface area (Å²) in [4.78, 5) is 17.2. The van der Waals surface area contributed by atoms with Crippen molar-refractivity contribution in [2.45, 2.75) is 31.8 Å². The predicted molar refractivity (Wildman–Crippen MR) is 74.8 cm³/mol. The molecule has 96 valence electrons. The van der Waals surface area contributed by atoms with Crippen LogP contribution in [-0.2, 0) is 0 Å². The largest absolute Gasteiger partial charge is 0.322 e. The van der Waals surface area contributed by atoms with Crippen LogP contribution >= 0.6 is 0 Å². The summed E-state index contributed by atoms with van der Waals surface area (Å²) in [7, 11) is 0. The van der Waals surface area contributed by atoms with Crippen LogP contribution in [0, 0.1) is 12.3 Å². The van der Waals surface area contributed by atoms with Crippen molar-refractivity contribution in [2.75, 3.05) is 0 Å². The second-order valence-electron chi connectivity index (χ2n) is 5.01. The quantitative estimate of drug-likeness (QED) is 0.829. The maximum absolute atomic E-state index is 12.7. The zero-order valence-electron chi connectivity index (χ0n) is 10.8. The van der Waals surface area contributed by atoms with Gasteiger partial charge >= 0.3 is 0 Å². The number of benzene rings is 1. The molecule has 4 nitrogen and oxygen atoms in total. The highest BCUT2D eigenvalue weighted by atomic mass is 16.1. The first kappa shape index (κ1) is 11.9. The van der Waals surface area contributed by atoms with Gasteiger partial charge in [0.1, 0.15) is 5.82 Å². The average Bonchev–Trinajstić information content (AvgIpc) is 3.21. The summed E-state index contributed by atoms with van der Waals surface area (Å²) in [6.45, 7) is 1.84. The second kappa shape index (κ2) is 4.22. The molecule has 1 aromatic carbocycles. The van der Waals surface area contributed by atoms with Gasteiger partial charge in [0.2, 0.25) is 0 Å². The van der Waals surface area contributed by atoms with E-state index in [1.165, 1.54) is 0 Å². The number of terminal acetylenes is 1. The molecule has 1 heterocycles. The third-order valence-electron chi connectivity index (χ3n) is 3.43. The Balaban J connectivity index is 2.44. The van der Waals surface area contributed by atoms with Crippen molar-refractivity contribution in [1.29, 1.82) is 0 Å². The molecule has 0 unspecified atom stereocenters. The van der Waals surface area contributed by atoms with Crippen molar-refractivity contribution in [1.82, 2.24) is 9.55 Å². The molecule has 4 heteroatoms. The van der Waals surface area contributed by atoms with Gasteiger partial charge < -0.3 is 5.73 Å². The lowest BCUT2D eigenvalue weighted by Gasteiger charge is -2.15. The van der Waals surface area contributed by atoms with E-state index >= 15 is 0 Å². The lowest BCUT2D eigenvalue weighted by Crippen LogP contribution is -2.28. The van der Waals surface area contributed by atoms with Crippen LogP contribution in [0.25, 0.3) is 10.9 Å².